The number of hydrogen-bond acceptors (Lipinski definition) is 4. The molecular formula is C20H16N2O2S2. The summed E-state index contributed by atoms with van der Waals surface area (Å²) in [4.78, 5) is 4.62. The minimum Gasteiger partial charge on any atom is -0.283 e. The largest absolute Gasteiger partial charge is 0.283 e. The van der Waals surface area contributed by atoms with E-state index in [0.717, 1.165) is 26.4 Å². The molecule has 0 aliphatic heterocycles. The van der Waals surface area contributed by atoms with Crippen molar-refractivity contribution in [2.75, 3.05) is 4.72 Å². The summed E-state index contributed by atoms with van der Waals surface area (Å²) in [6.07, 6.45) is 0. The smallest absolute Gasteiger partial charge is 0.236 e. The van der Waals surface area contributed by atoms with Crippen LogP contribution < -0.4 is 4.72 Å². The molecule has 4 aromatic rings. The normalized spacial score (nSPS) is 11.5. The van der Waals surface area contributed by atoms with Gasteiger partial charge < -0.3 is 0 Å². The zero-order valence-electron chi connectivity index (χ0n) is 13.8. The van der Waals surface area contributed by atoms with Crippen LogP contribution in [0.2, 0.25) is 0 Å². The lowest BCUT2D eigenvalue weighted by Crippen LogP contribution is -2.14. The van der Waals surface area contributed by atoms with E-state index in [-0.39, 0.29) is 5.75 Å². The second-order valence-electron chi connectivity index (χ2n) is 5.91. The summed E-state index contributed by atoms with van der Waals surface area (Å²) in [7, 11) is -3.45. The molecule has 26 heavy (non-hydrogen) atoms. The van der Waals surface area contributed by atoms with Crippen LogP contribution in [-0.4, -0.2) is 13.4 Å². The zero-order valence-corrected chi connectivity index (χ0v) is 15.4. The fourth-order valence-corrected chi connectivity index (χ4v) is 4.86. The van der Waals surface area contributed by atoms with Crippen LogP contribution in [-0.2, 0) is 15.8 Å². The predicted molar refractivity (Wildman–Crippen MR) is 108 cm³/mol. The highest BCUT2D eigenvalue weighted by molar-refractivity contribution is 7.91. The summed E-state index contributed by atoms with van der Waals surface area (Å²) >= 11 is 1.62. The van der Waals surface area contributed by atoms with Gasteiger partial charge in [-0.3, -0.25) is 4.72 Å². The highest BCUT2D eigenvalue weighted by Crippen LogP contribution is 2.30. The molecule has 0 bridgehead atoms. The monoisotopic (exact) mass is 380 g/mol. The first kappa shape index (κ1) is 16.8. The average Bonchev–Trinajstić information content (AvgIpc) is 3.06. The second kappa shape index (κ2) is 6.90. The Labute approximate surface area is 156 Å². The standard InChI is InChI=1S/C20H16N2O2S2/c23-26(24,14-15-6-2-1-3-7-15)22-17-12-10-16(11-13-17)20-21-18-8-4-5-9-19(18)25-20/h1-13,22H,14H2. The number of benzene rings is 3. The van der Waals surface area contributed by atoms with Crippen molar-refractivity contribution in [2.24, 2.45) is 0 Å². The van der Waals surface area contributed by atoms with Crippen molar-refractivity contribution in [3.05, 3.63) is 84.4 Å². The Morgan fingerprint density at radius 2 is 1.54 bits per heavy atom. The third kappa shape index (κ3) is 3.76. The van der Waals surface area contributed by atoms with Gasteiger partial charge in [0, 0.05) is 11.3 Å². The van der Waals surface area contributed by atoms with Crippen LogP contribution in [0.4, 0.5) is 5.69 Å². The molecule has 0 fully saturated rings. The van der Waals surface area contributed by atoms with Gasteiger partial charge in [-0.05, 0) is 42.0 Å². The van der Waals surface area contributed by atoms with Crippen molar-refractivity contribution < 1.29 is 8.42 Å². The number of aromatic nitrogens is 1. The highest BCUT2D eigenvalue weighted by atomic mass is 32.2. The average molecular weight is 380 g/mol. The Kier molecular flexibility index (Phi) is 4.44. The molecule has 130 valence electrons. The lowest BCUT2D eigenvalue weighted by molar-refractivity contribution is 0.600. The van der Waals surface area contributed by atoms with Crippen molar-refractivity contribution in [1.29, 1.82) is 0 Å². The summed E-state index contributed by atoms with van der Waals surface area (Å²) in [5.41, 5.74) is 3.24. The van der Waals surface area contributed by atoms with E-state index in [1.165, 1.54) is 0 Å². The first-order chi connectivity index (χ1) is 12.6. The summed E-state index contributed by atoms with van der Waals surface area (Å²) in [5.74, 6) is -0.0482. The number of anilines is 1. The van der Waals surface area contributed by atoms with Gasteiger partial charge in [-0.1, -0.05) is 42.5 Å². The molecule has 0 aliphatic rings. The number of hydrogen-bond donors (Lipinski definition) is 1. The molecule has 6 heteroatoms. The second-order valence-corrected chi connectivity index (χ2v) is 8.66. The molecule has 0 aliphatic carbocycles. The Bertz CT molecular complexity index is 1100. The zero-order chi connectivity index (χ0) is 18.0. The van der Waals surface area contributed by atoms with Gasteiger partial charge in [-0.25, -0.2) is 13.4 Å². The van der Waals surface area contributed by atoms with Gasteiger partial charge in [0.25, 0.3) is 0 Å². The van der Waals surface area contributed by atoms with E-state index < -0.39 is 10.0 Å². The third-order valence-electron chi connectivity index (χ3n) is 3.90. The van der Waals surface area contributed by atoms with E-state index >= 15 is 0 Å². The van der Waals surface area contributed by atoms with Gasteiger partial charge in [0.15, 0.2) is 0 Å². The Balaban J connectivity index is 1.52. The van der Waals surface area contributed by atoms with Crippen LogP contribution in [0.1, 0.15) is 5.56 Å². The molecular weight excluding hydrogens is 364 g/mol. The Morgan fingerprint density at radius 3 is 2.27 bits per heavy atom. The van der Waals surface area contributed by atoms with Gasteiger partial charge in [0.05, 0.1) is 16.0 Å². The van der Waals surface area contributed by atoms with Crippen LogP contribution >= 0.6 is 11.3 Å². The number of nitrogens with one attached hydrogen (secondary N) is 1. The van der Waals surface area contributed by atoms with E-state index in [1.54, 1.807) is 35.6 Å². The van der Waals surface area contributed by atoms with E-state index in [9.17, 15) is 8.42 Å². The fourth-order valence-electron chi connectivity index (χ4n) is 2.69. The maximum absolute atomic E-state index is 12.3. The van der Waals surface area contributed by atoms with Crippen molar-refractivity contribution in [1.82, 2.24) is 4.98 Å². The van der Waals surface area contributed by atoms with Crippen LogP contribution in [0, 0.1) is 0 Å². The Morgan fingerprint density at radius 1 is 0.846 bits per heavy atom. The molecule has 0 unspecified atom stereocenters. The molecule has 0 amide bonds. The molecule has 1 aromatic heterocycles. The van der Waals surface area contributed by atoms with Crippen LogP contribution in [0.25, 0.3) is 20.8 Å². The number of nitrogens with zero attached hydrogens (tertiary/aromatic N) is 1. The molecule has 0 radical (unpaired) electrons. The van der Waals surface area contributed by atoms with Gasteiger partial charge >= 0.3 is 0 Å². The molecule has 4 nitrogen and oxygen atoms in total. The lowest BCUT2D eigenvalue weighted by Gasteiger charge is -2.08. The van der Waals surface area contributed by atoms with Crippen molar-refractivity contribution >= 4 is 37.3 Å². The fraction of sp³-hybridized carbons (Fsp3) is 0.0500. The van der Waals surface area contributed by atoms with E-state index in [2.05, 4.69) is 9.71 Å². The number of thiazole rings is 1. The maximum Gasteiger partial charge on any atom is 0.236 e. The molecule has 0 spiro atoms. The number of fused-ring (bicyclic) bond motifs is 1. The molecule has 0 atom stereocenters. The number of sulfonamides is 1. The maximum atomic E-state index is 12.3. The van der Waals surface area contributed by atoms with Crippen molar-refractivity contribution in [3.63, 3.8) is 0 Å². The van der Waals surface area contributed by atoms with Crippen LogP contribution in [0.3, 0.4) is 0 Å². The molecule has 0 saturated heterocycles. The molecule has 1 N–H and O–H groups in total. The molecule has 0 saturated carbocycles. The van der Waals surface area contributed by atoms with Crippen LogP contribution in [0.5, 0.6) is 0 Å². The summed E-state index contributed by atoms with van der Waals surface area (Å²) in [5, 5.41) is 0.921. The van der Waals surface area contributed by atoms with Gasteiger partial charge in [0.1, 0.15) is 5.01 Å². The van der Waals surface area contributed by atoms with Gasteiger partial charge in [-0.15, -0.1) is 11.3 Å². The first-order valence-electron chi connectivity index (χ1n) is 8.09. The summed E-state index contributed by atoms with van der Waals surface area (Å²) < 4.78 is 28.4. The molecule has 1 heterocycles. The minimum absolute atomic E-state index is 0.0482. The topological polar surface area (TPSA) is 59.1 Å². The number of rotatable bonds is 5. The van der Waals surface area contributed by atoms with Crippen molar-refractivity contribution in [3.8, 4) is 10.6 Å². The van der Waals surface area contributed by atoms with Gasteiger partial charge in [0.2, 0.25) is 10.0 Å². The first-order valence-corrected chi connectivity index (χ1v) is 10.6. The van der Waals surface area contributed by atoms with E-state index in [4.69, 9.17) is 0 Å². The molecule has 3 aromatic carbocycles. The summed E-state index contributed by atoms with van der Waals surface area (Å²) in [6.45, 7) is 0. The minimum atomic E-state index is -3.45. The van der Waals surface area contributed by atoms with Gasteiger partial charge in [-0.2, -0.15) is 0 Å². The third-order valence-corrected chi connectivity index (χ3v) is 6.24. The summed E-state index contributed by atoms with van der Waals surface area (Å²) in [6, 6.07) is 24.4. The van der Waals surface area contributed by atoms with E-state index in [0.29, 0.717) is 5.69 Å². The Hall–Kier alpha value is -2.70. The molecule has 4 rings (SSSR count). The number of para-hydroxylation sites is 1. The SMILES string of the molecule is O=S(=O)(Cc1ccccc1)Nc1ccc(-c2nc3ccccc3s2)cc1. The highest BCUT2D eigenvalue weighted by Gasteiger charge is 2.12. The van der Waals surface area contributed by atoms with Crippen LogP contribution in [0.15, 0.2) is 78.9 Å². The lowest BCUT2D eigenvalue weighted by atomic mass is 10.2. The predicted octanol–water partition coefficient (Wildman–Crippen LogP) is 4.91. The van der Waals surface area contributed by atoms with Crippen molar-refractivity contribution in [2.45, 2.75) is 5.75 Å². The van der Waals surface area contributed by atoms with E-state index in [1.807, 2.05) is 54.6 Å². The quantitative estimate of drug-likeness (QED) is 0.535.